The molecule has 1 fully saturated rings. The summed E-state index contributed by atoms with van der Waals surface area (Å²) in [6.07, 6.45) is 2.57. The van der Waals surface area contributed by atoms with Crippen LogP contribution in [0.1, 0.15) is 33.1 Å². The number of carbonyl (C=O) groups is 1. The van der Waals surface area contributed by atoms with Crippen molar-refractivity contribution in [3.8, 4) is 0 Å². The summed E-state index contributed by atoms with van der Waals surface area (Å²) in [7, 11) is 0. The Morgan fingerprint density at radius 3 is 2.60 bits per heavy atom. The van der Waals surface area contributed by atoms with Crippen LogP contribution >= 0.6 is 12.6 Å². The van der Waals surface area contributed by atoms with Crippen LogP contribution in [0.25, 0.3) is 0 Å². The molecule has 1 rings (SSSR count). The molecule has 1 saturated heterocycles. The summed E-state index contributed by atoms with van der Waals surface area (Å²) < 4.78 is 5.50. The molecule has 1 heterocycles. The van der Waals surface area contributed by atoms with E-state index in [2.05, 4.69) is 17.9 Å². The second-order valence-electron chi connectivity index (χ2n) is 4.58. The highest BCUT2D eigenvalue weighted by Gasteiger charge is 2.33. The first-order valence-corrected chi connectivity index (χ1v) is 6.23. The van der Waals surface area contributed by atoms with Gasteiger partial charge < -0.3 is 10.1 Å². The molecule has 4 heteroatoms. The number of carbonyl (C=O) groups excluding carboxylic acids is 1. The molecule has 1 aliphatic rings. The highest BCUT2D eigenvalue weighted by molar-refractivity contribution is 7.80. The van der Waals surface area contributed by atoms with E-state index in [9.17, 15) is 4.79 Å². The van der Waals surface area contributed by atoms with Gasteiger partial charge in [0.25, 0.3) is 0 Å². The minimum absolute atomic E-state index is 0.131. The van der Waals surface area contributed by atoms with Gasteiger partial charge in [-0.15, -0.1) is 0 Å². The zero-order valence-electron chi connectivity index (χ0n) is 9.58. The van der Waals surface area contributed by atoms with Gasteiger partial charge in [0.2, 0.25) is 0 Å². The Kier molecular flexibility index (Phi) is 4.93. The van der Waals surface area contributed by atoms with Crippen LogP contribution in [0.5, 0.6) is 0 Å². The molecule has 0 aliphatic carbocycles. The Balaban J connectivity index is 2.45. The maximum Gasteiger partial charge on any atom is 0.307 e. The van der Waals surface area contributed by atoms with Crippen molar-refractivity contribution in [2.24, 2.45) is 5.92 Å². The second kappa shape index (κ2) is 5.75. The van der Waals surface area contributed by atoms with Gasteiger partial charge in [0.05, 0.1) is 6.42 Å². The Morgan fingerprint density at radius 1 is 1.47 bits per heavy atom. The summed E-state index contributed by atoms with van der Waals surface area (Å²) in [4.78, 5) is 11.4. The lowest BCUT2D eigenvalue weighted by atomic mass is 9.83. The number of hydrogen-bond acceptors (Lipinski definition) is 4. The van der Waals surface area contributed by atoms with Crippen LogP contribution in [-0.2, 0) is 9.53 Å². The van der Waals surface area contributed by atoms with Crippen LogP contribution in [0, 0.1) is 5.92 Å². The van der Waals surface area contributed by atoms with Crippen LogP contribution in [0.15, 0.2) is 0 Å². The first-order valence-electron chi connectivity index (χ1n) is 5.59. The molecule has 15 heavy (non-hydrogen) atoms. The minimum Gasteiger partial charge on any atom is -0.459 e. The Morgan fingerprint density at radius 2 is 2.07 bits per heavy atom. The number of rotatable bonds is 4. The van der Waals surface area contributed by atoms with Gasteiger partial charge in [-0.1, -0.05) is 0 Å². The van der Waals surface area contributed by atoms with Crippen molar-refractivity contribution in [2.45, 2.75) is 38.7 Å². The molecule has 0 radical (unpaired) electrons. The van der Waals surface area contributed by atoms with E-state index < -0.39 is 0 Å². The van der Waals surface area contributed by atoms with Crippen LogP contribution in [0.4, 0.5) is 0 Å². The molecular weight excluding hydrogens is 210 g/mol. The van der Waals surface area contributed by atoms with E-state index in [1.165, 1.54) is 0 Å². The molecule has 0 saturated carbocycles. The van der Waals surface area contributed by atoms with E-state index in [4.69, 9.17) is 4.74 Å². The van der Waals surface area contributed by atoms with Gasteiger partial charge in [-0.2, -0.15) is 12.6 Å². The zero-order chi connectivity index (χ0) is 11.3. The molecule has 0 amide bonds. The SMILES string of the molecule is CC(C)(OC(=O)CCS)C1CCNCC1. The third-order valence-electron chi connectivity index (χ3n) is 3.02. The molecule has 1 N–H and O–H groups in total. The first-order chi connectivity index (χ1) is 7.06. The zero-order valence-corrected chi connectivity index (χ0v) is 10.5. The van der Waals surface area contributed by atoms with Gasteiger partial charge >= 0.3 is 5.97 Å². The normalized spacial score (nSPS) is 18.9. The predicted molar refractivity (Wildman–Crippen MR) is 64.2 cm³/mol. The van der Waals surface area contributed by atoms with Crippen molar-refractivity contribution < 1.29 is 9.53 Å². The summed E-state index contributed by atoms with van der Waals surface area (Å²) in [5, 5.41) is 3.31. The molecular formula is C11H21NO2S. The maximum atomic E-state index is 11.4. The average molecular weight is 231 g/mol. The van der Waals surface area contributed by atoms with Crippen LogP contribution < -0.4 is 5.32 Å². The molecule has 0 unspecified atom stereocenters. The standard InChI is InChI=1S/C11H21NO2S/c1-11(2,14-10(13)5-8-15)9-3-6-12-7-4-9/h9,12,15H,3-8H2,1-2H3. The largest absolute Gasteiger partial charge is 0.459 e. The fourth-order valence-electron chi connectivity index (χ4n) is 2.04. The molecule has 88 valence electrons. The average Bonchev–Trinajstić information content (AvgIpc) is 2.18. The lowest BCUT2D eigenvalue weighted by Crippen LogP contribution is -2.42. The Bertz CT molecular complexity index is 213. The van der Waals surface area contributed by atoms with Crippen molar-refractivity contribution in [3.05, 3.63) is 0 Å². The molecule has 3 nitrogen and oxygen atoms in total. The lowest BCUT2D eigenvalue weighted by molar-refractivity contribution is -0.162. The maximum absolute atomic E-state index is 11.4. The molecule has 0 spiro atoms. The summed E-state index contributed by atoms with van der Waals surface area (Å²) in [6.45, 7) is 6.08. The van der Waals surface area contributed by atoms with E-state index >= 15 is 0 Å². The molecule has 1 aliphatic heterocycles. The monoisotopic (exact) mass is 231 g/mol. The van der Waals surface area contributed by atoms with E-state index in [1.807, 2.05) is 13.8 Å². The van der Waals surface area contributed by atoms with Gasteiger partial charge in [0, 0.05) is 11.7 Å². The number of ether oxygens (including phenoxy) is 1. The van der Waals surface area contributed by atoms with E-state index in [0.717, 1.165) is 25.9 Å². The summed E-state index contributed by atoms with van der Waals surface area (Å²) in [5.41, 5.74) is -0.331. The number of hydrogen-bond donors (Lipinski definition) is 2. The van der Waals surface area contributed by atoms with Crippen molar-refractivity contribution >= 4 is 18.6 Å². The molecule has 0 aromatic heterocycles. The molecule has 0 bridgehead atoms. The van der Waals surface area contributed by atoms with Gasteiger partial charge in [-0.05, 0) is 39.8 Å². The quantitative estimate of drug-likeness (QED) is 0.570. The summed E-state index contributed by atoms with van der Waals surface area (Å²) in [6, 6.07) is 0. The summed E-state index contributed by atoms with van der Waals surface area (Å²) >= 11 is 4.03. The van der Waals surface area contributed by atoms with Crippen molar-refractivity contribution in [2.75, 3.05) is 18.8 Å². The Labute approximate surface area is 97.4 Å². The van der Waals surface area contributed by atoms with Crippen LogP contribution in [0.2, 0.25) is 0 Å². The molecule has 0 aromatic carbocycles. The van der Waals surface area contributed by atoms with E-state index in [-0.39, 0.29) is 11.6 Å². The molecule has 0 atom stereocenters. The second-order valence-corrected chi connectivity index (χ2v) is 5.02. The van der Waals surface area contributed by atoms with Gasteiger partial charge in [0.1, 0.15) is 5.60 Å². The van der Waals surface area contributed by atoms with Gasteiger partial charge in [0.15, 0.2) is 0 Å². The smallest absolute Gasteiger partial charge is 0.307 e. The number of piperidine rings is 1. The summed E-state index contributed by atoms with van der Waals surface area (Å²) in [5.74, 6) is 0.900. The van der Waals surface area contributed by atoms with Gasteiger partial charge in [-0.3, -0.25) is 4.79 Å². The third-order valence-corrected chi connectivity index (χ3v) is 3.24. The molecule has 0 aromatic rings. The van der Waals surface area contributed by atoms with Crippen LogP contribution in [-0.4, -0.2) is 30.4 Å². The van der Waals surface area contributed by atoms with Crippen molar-refractivity contribution in [1.82, 2.24) is 5.32 Å². The van der Waals surface area contributed by atoms with Gasteiger partial charge in [-0.25, -0.2) is 0 Å². The fourth-order valence-corrected chi connectivity index (χ4v) is 2.22. The van der Waals surface area contributed by atoms with Crippen molar-refractivity contribution in [1.29, 1.82) is 0 Å². The lowest BCUT2D eigenvalue weighted by Gasteiger charge is -2.36. The van der Waals surface area contributed by atoms with E-state index in [0.29, 0.717) is 18.1 Å². The highest BCUT2D eigenvalue weighted by Crippen LogP contribution is 2.29. The van der Waals surface area contributed by atoms with Crippen molar-refractivity contribution in [3.63, 3.8) is 0 Å². The highest BCUT2D eigenvalue weighted by atomic mass is 32.1. The number of esters is 1. The third kappa shape index (κ3) is 4.03. The topological polar surface area (TPSA) is 38.3 Å². The van der Waals surface area contributed by atoms with Crippen LogP contribution in [0.3, 0.4) is 0 Å². The fraction of sp³-hybridized carbons (Fsp3) is 0.909. The Hall–Kier alpha value is -0.220. The number of nitrogens with one attached hydrogen (secondary N) is 1. The first kappa shape index (κ1) is 12.8. The number of thiol groups is 1. The minimum atomic E-state index is -0.331. The van der Waals surface area contributed by atoms with E-state index in [1.54, 1.807) is 0 Å². The predicted octanol–water partition coefficient (Wildman–Crippen LogP) is 1.63.